The van der Waals surface area contributed by atoms with E-state index < -0.39 is 0 Å². The third kappa shape index (κ3) is 6.58. The minimum atomic E-state index is -0.103. The van der Waals surface area contributed by atoms with Crippen LogP contribution in [0.25, 0.3) is 0 Å². The van der Waals surface area contributed by atoms with E-state index in [4.69, 9.17) is 9.47 Å². The molecule has 29 heavy (non-hydrogen) atoms. The summed E-state index contributed by atoms with van der Waals surface area (Å²) in [5, 5.41) is 7.11. The SMILES string of the molecule is COCCNC(=O)c1cccc(OC2CCN([C@H](C)CCn3cccn3)CC2)c1. The zero-order valence-electron chi connectivity index (χ0n) is 17.4. The third-order valence-electron chi connectivity index (χ3n) is 5.43. The monoisotopic (exact) mass is 400 g/mol. The van der Waals surface area contributed by atoms with Gasteiger partial charge >= 0.3 is 0 Å². The summed E-state index contributed by atoms with van der Waals surface area (Å²) in [4.78, 5) is 14.7. The molecule has 0 aliphatic carbocycles. The molecular weight excluding hydrogens is 368 g/mol. The van der Waals surface area contributed by atoms with Crippen LogP contribution >= 0.6 is 0 Å². The van der Waals surface area contributed by atoms with Crippen LogP contribution in [0.2, 0.25) is 0 Å². The second-order valence-electron chi connectivity index (χ2n) is 7.54. The van der Waals surface area contributed by atoms with Gasteiger partial charge in [0, 0.05) is 57.3 Å². The average molecular weight is 401 g/mol. The van der Waals surface area contributed by atoms with Crippen LogP contribution in [-0.4, -0.2) is 66.1 Å². The van der Waals surface area contributed by atoms with E-state index in [9.17, 15) is 4.79 Å². The Labute approximate surface area is 173 Å². The fourth-order valence-corrected chi connectivity index (χ4v) is 3.64. The number of nitrogens with zero attached hydrogens (tertiary/aromatic N) is 3. The Hall–Kier alpha value is -2.38. The summed E-state index contributed by atoms with van der Waals surface area (Å²) in [6.07, 6.45) is 7.11. The van der Waals surface area contributed by atoms with Gasteiger partial charge in [0.1, 0.15) is 11.9 Å². The van der Waals surface area contributed by atoms with Crippen LogP contribution in [0.1, 0.15) is 36.5 Å². The van der Waals surface area contributed by atoms with Gasteiger partial charge in [0.05, 0.1) is 6.61 Å². The number of benzene rings is 1. The summed E-state index contributed by atoms with van der Waals surface area (Å²) >= 11 is 0. The average Bonchev–Trinajstić information content (AvgIpc) is 3.26. The molecule has 0 radical (unpaired) electrons. The molecule has 1 aromatic carbocycles. The Bertz CT molecular complexity index is 742. The number of amides is 1. The predicted octanol–water partition coefficient (Wildman–Crippen LogP) is 2.58. The molecule has 1 amide bonds. The third-order valence-corrected chi connectivity index (χ3v) is 5.43. The van der Waals surface area contributed by atoms with Crippen molar-refractivity contribution in [3.8, 4) is 5.75 Å². The van der Waals surface area contributed by atoms with Crippen LogP contribution in [0.15, 0.2) is 42.7 Å². The summed E-state index contributed by atoms with van der Waals surface area (Å²) < 4.78 is 13.1. The zero-order valence-corrected chi connectivity index (χ0v) is 17.4. The maximum atomic E-state index is 12.2. The molecule has 7 nitrogen and oxygen atoms in total. The van der Waals surface area contributed by atoms with Crippen molar-refractivity contribution in [1.29, 1.82) is 0 Å². The van der Waals surface area contributed by atoms with Crippen LogP contribution in [-0.2, 0) is 11.3 Å². The summed E-state index contributed by atoms with van der Waals surface area (Å²) in [5.74, 6) is 0.655. The van der Waals surface area contributed by atoms with Gasteiger partial charge in [-0.1, -0.05) is 6.07 Å². The molecule has 1 N–H and O–H groups in total. The van der Waals surface area contributed by atoms with Gasteiger partial charge in [-0.3, -0.25) is 9.48 Å². The molecule has 0 unspecified atom stereocenters. The lowest BCUT2D eigenvalue weighted by Crippen LogP contribution is -2.43. The number of hydrogen-bond donors (Lipinski definition) is 1. The van der Waals surface area contributed by atoms with Gasteiger partial charge in [0.25, 0.3) is 5.91 Å². The number of piperidine rings is 1. The van der Waals surface area contributed by atoms with E-state index >= 15 is 0 Å². The summed E-state index contributed by atoms with van der Waals surface area (Å²) in [5.41, 5.74) is 0.614. The van der Waals surface area contributed by atoms with Crippen molar-refractivity contribution >= 4 is 5.91 Å². The maximum absolute atomic E-state index is 12.2. The van der Waals surface area contributed by atoms with Gasteiger partial charge in [0.2, 0.25) is 0 Å². The number of likely N-dealkylation sites (tertiary alicyclic amines) is 1. The predicted molar refractivity (Wildman–Crippen MR) is 112 cm³/mol. The molecule has 1 aliphatic rings. The van der Waals surface area contributed by atoms with Gasteiger partial charge in [-0.2, -0.15) is 5.10 Å². The van der Waals surface area contributed by atoms with Gasteiger partial charge in [-0.05, 0) is 50.5 Å². The Morgan fingerprint density at radius 2 is 2.14 bits per heavy atom. The Balaban J connectivity index is 1.43. The fraction of sp³-hybridized carbons (Fsp3) is 0.545. The number of aryl methyl sites for hydroxylation is 1. The molecule has 2 heterocycles. The molecular formula is C22H32N4O3. The summed E-state index contributed by atoms with van der Waals surface area (Å²) in [7, 11) is 1.62. The zero-order chi connectivity index (χ0) is 20.5. The largest absolute Gasteiger partial charge is 0.490 e. The summed E-state index contributed by atoms with van der Waals surface area (Å²) in [6.45, 7) is 6.29. The van der Waals surface area contributed by atoms with Crippen molar-refractivity contribution in [3.05, 3.63) is 48.3 Å². The van der Waals surface area contributed by atoms with Gasteiger partial charge in [-0.15, -0.1) is 0 Å². The molecule has 7 heteroatoms. The molecule has 2 aromatic rings. The van der Waals surface area contributed by atoms with Crippen molar-refractivity contribution in [2.24, 2.45) is 0 Å². The molecule has 1 fully saturated rings. The van der Waals surface area contributed by atoms with Crippen LogP contribution in [0.5, 0.6) is 5.75 Å². The Morgan fingerprint density at radius 1 is 1.31 bits per heavy atom. The Kier molecular flexibility index (Phi) is 8.07. The van der Waals surface area contributed by atoms with Crippen molar-refractivity contribution in [2.45, 2.75) is 44.9 Å². The molecule has 1 aromatic heterocycles. The number of carbonyl (C=O) groups is 1. The van der Waals surface area contributed by atoms with Crippen LogP contribution < -0.4 is 10.1 Å². The van der Waals surface area contributed by atoms with E-state index in [1.807, 2.05) is 41.3 Å². The molecule has 158 valence electrons. The molecule has 3 rings (SSSR count). The van der Waals surface area contributed by atoms with Crippen LogP contribution in [0.3, 0.4) is 0 Å². The highest BCUT2D eigenvalue weighted by atomic mass is 16.5. The quantitative estimate of drug-likeness (QED) is 0.621. The molecule has 1 atom stereocenters. The van der Waals surface area contributed by atoms with Gasteiger partial charge in [-0.25, -0.2) is 0 Å². The normalized spacial score (nSPS) is 16.5. The highest BCUT2D eigenvalue weighted by Crippen LogP contribution is 2.22. The minimum Gasteiger partial charge on any atom is -0.490 e. The second-order valence-corrected chi connectivity index (χ2v) is 7.54. The lowest BCUT2D eigenvalue weighted by Gasteiger charge is -2.36. The summed E-state index contributed by atoms with van der Waals surface area (Å²) in [6, 6.07) is 9.91. The topological polar surface area (TPSA) is 68.6 Å². The first kappa shape index (κ1) is 21.3. The molecule has 1 aliphatic heterocycles. The van der Waals surface area contributed by atoms with Gasteiger partial charge < -0.3 is 19.7 Å². The number of carbonyl (C=O) groups excluding carboxylic acids is 1. The number of nitrogens with one attached hydrogen (secondary N) is 1. The lowest BCUT2D eigenvalue weighted by molar-refractivity contribution is 0.0757. The second kappa shape index (κ2) is 11.0. The van der Waals surface area contributed by atoms with Gasteiger partial charge in [0.15, 0.2) is 0 Å². The first-order chi connectivity index (χ1) is 14.2. The van der Waals surface area contributed by atoms with E-state index in [1.54, 1.807) is 13.2 Å². The number of methoxy groups -OCH3 is 1. The number of ether oxygens (including phenoxy) is 2. The van der Waals surface area contributed by atoms with Crippen LogP contribution in [0.4, 0.5) is 0 Å². The first-order valence-corrected chi connectivity index (χ1v) is 10.4. The van der Waals surface area contributed by atoms with Crippen LogP contribution in [0, 0.1) is 0 Å². The maximum Gasteiger partial charge on any atom is 0.251 e. The first-order valence-electron chi connectivity index (χ1n) is 10.4. The lowest BCUT2D eigenvalue weighted by atomic mass is 10.0. The molecule has 1 saturated heterocycles. The van der Waals surface area contributed by atoms with Crippen molar-refractivity contribution < 1.29 is 14.3 Å². The van der Waals surface area contributed by atoms with Crippen molar-refractivity contribution in [2.75, 3.05) is 33.4 Å². The molecule has 0 saturated carbocycles. The van der Waals surface area contributed by atoms with E-state index in [0.717, 1.165) is 44.6 Å². The van der Waals surface area contributed by atoms with Crippen molar-refractivity contribution in [3.63, 3.8) is 0 Å². The highest BCUT2D eigenvalue weighted by molar-refractivity contribution is 5.94. The molecule has 0 bridgehead atoms. The number of hydrogen-bond acceptors (Lipinski definition) is 5. The highest BCUT2D eigenvalue weighted by Gasteiger charge is 2.24. The van der Waals surface area contributed by atoms with E-state index in [-0.39, 0.29) is 12.0 Å². The smallest absolute Gasteiger partial charge is 0.251 e. The van der Waals surface area contributed by atoms with E-state index in [2.05, 4.69) is 22.2 Å². The number of aromatic nitrogens is 2. The Morgan fingerprint density at radius 3 is 2.86 bits per heavy atom. The van der Waals surface area contributed by atoms with Crippen molar-refractivity contribution in [1.82, 2.24) is 20.0 Å². The fourth-order valence-electron chi connectivity index (χ4n) is 3.64. The molecule has 0 spiro atoms. The standard InChI is InChI=1S/C22H32N4O3/c1-18(7-15-26-12-4-10-24-26)25-13-8-20(9-14-25)29-21-6-3-5-19(17-21)22(27)23-11-16-28-2/h3-6,10,12,17-18,20H,7-9,11,13-16H2,1-2H3,(H,23,27)/t18-/m1/s1. The number of rotatable bonds is 10. The minimum absolute atomic E-state index is 0.103. The van der Waals surface area contributed by atoms with E-state index in [1.165, 1.54) is 0 Å². The van der Waals surface area contributed by atoms with E-state index in [0.29, 0.717) is 24.8 Å².